The summed E-state index contributed by atoms with van der Waals surface area (Å²) in [6.07, 6.45) is 6.88. The summed E-state index contributed by atoms with van der Waals surface area (Å²) in [4.78, 5) is 4.47. The Kier molecular flexibility index (Phi) is 3.31. The molecule has 1 aromatic heterocycles. The van der Waals surface area contributed by atoms with Gasteiger partial charge in [-0.25, -0.2) is 4.98 Å². The zero-order valence-electron chi connectivity index (χ0n) is 7.50. The summed E-state index contributed by atoms with van der Waals surface area (Å²) in [5, 5.41) is 3.31. The van der Waals surface area contributed by atoms with E-state index in [-0.39, 0.29) is 0 Å². The number of nitrogens with zero attached hydrogens (tertiary/aromatic N) is 1. The van der Waals surface area contributed by atoms with Gasteiger partial charge in [0, 0.05) is 24.1 Å². The summed E-state index contributed by atoms with van der Waals surface area (Å²) in [5.74, 6) is 3.16. The first-order valence-electron chi connectivity index (χ1n) is 4.11. The van der Waals surface area contributed by atoms with Crippen molar-refractivity contribution in [1.82, 2.24) is 4.98 Å². The Hall–Kier alpha value is -0.810. The quantitative estimate of drug-likeness (QED) is 0.650. The lowest BCUT2D eigenvalue weighted by molar-refractivity contribution is 0.835. The van der Waals surface area contributed by atoms with E-state index in [0.717, 1.165) is 18.5 Å². The first kappa shape index (κ1) is 9.28. The zero-order chi connectivity index (χ0) is 8.97. The van der Waals surface area contributed by atoms with Gasteiger partial charge in [-0.1, -0.05) is 13.8 Å². The van der Waals surface area contributed by atoms with Gasteiger partial charge in [0.15, 0.2) is 0 Å². The van der Waals surface area contributed by atoms with Crippen LogP contribution in [-0.2, 0) is 6.42 Å². The van der Waals surface area contributed by atoms with Crippen LogP contribution in [0.5, 0.6) is 0 Å². The van der Waals surface area contributed by atoms with Gasteiger partial charge in [-0.15, -0.1) is 23.7 Å². The number of terminal acetylenes is 1. The van der Waals surface area contributed by atoms with E-state index in [1.807, 2.05) is 0 Å². The Morgan fingerprint density at radius 3 is 2.92 bits per heavy atom. The summed E-state index contributed by atoms with van der Waals surface area (Å²) in [6.45, 7) is 4.31. The van der Waals surface area contributed by atoms with Crippen molar-refractivity contribution in [2.45, 2.75) is 32.6 Å². The lowest BCUT2D eigenvalue weighted by atomic mass is 10.2. The van der Waals surface area contributed by atoms with E-state index in [0.29, 0.717) is 5.92 Å². The van der Waals surface area contributed by atoms with Crippen molar-refractivity contribution >= 4 is 11.3 Å². The molecule has 1 nitrogen and oxygen atoms in total. The predicted molar refractivity (Wildman–Crippen MR) is 53.4 cm³/mol. The van der Waals surface area contributed by atoms with Crippen LogP contribution in [0.1, 0.15) is 36.9 Å². The number of hydrogen-bond acceptors (Lipinski definition) is 2. The lowest BCUT2D eigenvalue weighted by Gasteiger charge is -1.95. The van der Waals surface area contributed by atoms with Crippen LogP contribution < -0.4 is 0 Å². The molecule has 0 unspecified atom stereocenters. The van der Waals surface area contributed by atoms with Gasteiger partial charge in [0.05, 0.1) is 10.7 Å². The van der Waals surface area contributed by atoms with Gasteiger partial charge in [-0.05, 0) is 0 Å². The minimum Gasteiger partial charge on any atom is -0.246 e. The van der Waals surface area contributed by atoms with E-state index in [1.54, 1.807) is 11.3 Å². The summed E-state index contributed by atoms with van der Waals surface area (Å²) in [6, 6.07) is 0. The fourth-order valence-corrected chi connectivity index (χ4v) is 1.77. The highest BCUT2D eigenvalue weighted by molar-refractivity contribution is 7.09. The molecule has 0 N–H and O–H groups in total. The van der Waals surface area contributed by atoms with Crippen molar-refractivity contribution in [3.63, 3.8) is 0 Å². The fraction of sp³-hybridized carbons (Fsp3) is 0.500. The molecule has 1 rings (SSSR count). The maximum Gasteiger partial charge on any atom is 0.0953 e. The van der Waals surface area contributed by atoms with E-state index in [2.05, 4.69) is 30.1 Å². The van der Waals surface area contributed by atoms with E-state index < -0.39 is 0 Å². The first-order valence-corrected chi connectivity index (χ1v) is 4.99. The van der Waals surface area contributed by atoms with Crippen molar-refractivity contribution in [2.75, 3.05) is 0 Å². The molecule has 0 radical (unpaired) electrons. The zero-order valence-corrected chi connectivity index (χ0v) is 8.32. The van der Waals surface area contributed by atoms with Crippen LogP contribution in [0.4, 0.5) is 0 Å². The molecule has 1 heterocycles. The second-order valence-electron chi connectivity index (χ2n) is 3.04. The van der Waals surface area contributed by atoms with Crippen LogP contribution in [0.3, 0.4) is 0 Å². The molecule has 0 saturated carbocycles. The highest BCUT2D eigenvalue weighted by atomic mass is 32.1. The molecule has 0 aromatic carbocycles. The number of hydrogen-bond donors (Lipinski definition) is 0. The summed E-state index contributed by atoms with van der Waals surface area (Å²) in [7, 11) is 0. The molecule has 0 fully saturated rings. The van der Waals surface area contributed by atoms with E-state index in [1.165, 1.54) is 5.01 Å². The predicted octanol–water partition coefficient (Wildman–Crippen LogP) is 2.83. The van der Waals surface area contributed by atoms with Crippen molar-refractivity contribution in [3.05, 3.63) is 16.1 Å². The molecule has 0 atom stereocenters. The molecule has 1 aromatic rings. The summed E-state index contributed by atoms with van der Waals surface area (Å²) < 4.78 is 0. The Morgan fingerprint density at radius 1 is 1.67 bits per heavy atom. The van der Waals surface area contributed by atoms with Gasteiger partial charge in [0.25, 0.3) is 0 Å². The normalized spacial score (nSPS) is 10.2. The fourth-order valence-electron chi connectivity index (χ4n) is 0.903. The molecule has 0 spiro atoms. The molecule has 12 heavy (non-hydrogen) atoms. The van der Waals surface area contributed by atoms with Crippen LogP contribution in [-0.4, -0.2) is 4.98 Å². The second kappa shape index (κ2) is 4.27. The van der Waals surface area contributed by atoms with Gasteiger partial charge >= 0.3 is 0 Å². The summed E-state index contributed by atoms with van der Waals surface area (Å²) >= 11 is 1.73. The standard InChI is InChI=1S/C10H13NS/c1-4-5-6-9-7-12-10(11-9)8(2)3/h1,7-8H,5-6H2,2-3H3. The average Bonchev–Trinajstić information content (AvgIpc) is 2.48. The monoisotopic (exact) mass is 179 g/mol. The van der Waals surface area contributed by atoms with Crippen LogP contribution in [0, 0.1) is 12.3 Å². The number of aryl methyl sites for hydroxylation is 1. The number of aromatic nitrogens is 1. The van der Waals surface area contributed by atoms with Crippen LogP contribution >= 0.6 is 11.3 Å². The lowest BCUT2D eigenvalue weighted by Crippen LogP contribution is -1.88. The Labute approximate surface area is 77.8 Å². The van der Waals surface area contributed by atoms with Gasteiger partial charge < -0.3 is 0 Å². The van der Waals surface area contributed by atoms with Crippen LogP contribution in [0.15, 0.2) is 5.38 Å². The van der Waals surface area contributed by atoms with Crippen molar-refractivity contribution in [1.29, 1.82) is 0 Å². The Morgan fingerprint density at radius 2 is 2.42 bits per heavy atom. The van der Waals surface area contributed by atoms with Gasteiger partial charge in [-0.3, -0.25) is 0 Å². The minimum absolute atomic E-state index is 0.537. The minimum atomic E-state index is 0.537. The van der Waals surface area contributed by atoms with E-state index in [9.17, 15) is 0 Å². The second-order valence-corrected chi connectivity index (χ2v) is 3.93. The Bertz CT molecular complexity index is 280. The molecule has 0 amide bonds. The topological polar surface area (TPSA) is 12.9 Å². The highest BCUT2D eigenvalue weighted by Gasteiger charge is 2.04. The van der Waals surface area contributed by atoms with Gasteiger partial charge in [0.1, 0.15) is 0 Å². The van der Waals surface area contributed by atoms with Crippen LogP contribution in [0.25, 0.3) is 0 Å². The van der Waals surface area contributed by atoms with E-state index in [4.69, 9.17) is 6.42 Å². The van der Waals surface area contributed by atoms with Crippen molar-refractivity contribution in [2.24, 2.45) is 0 Å². The first-order chi connectivity index (χ1) is 5.74. The maximum atomic E-state index is 5.17. The molecule has 64 valence electrons. The SMILES string of the molecule is C#CCCc1csc(C(C)C)n1. The average molecular weight is 179 g/mol. The molecular formula is C10H13NS. The van der Waals surface area contributed by atoms with Gasteiger partial charge in [0.2, 0.25) is 0 Å². The summed E-state index contributed by atoms with van der Waals surface area (Å²) in [5.41, 5.74) is 1.14. The largest absolute Gasteiger partial charge is 0.246 e. The van der Waals surface area contributed by atoms with E-state index >= 15 is 0 Å². The smallest absolute Gasteiger partial charge is 0.0953 e. The highest BCUT2D eigenvalue weighted by Crippen LogP contribution is 2.19. The third-order valence-electron chi connectivity index (χ3n) is 1.59. The van der Waals surface area contributed by atoms with Crippen molar-refractivity contribution in [3.8, 4) is 12.3 Å². The molecule has 0 bridgehead atoms. The molecule has 2 heteroatoms. The number of thiazole rings is 1. The van der Waals surface area contributed by atoms with Crippen LogP contribution in [0.2, 0.25) is 0 Å². The molecule has 0 saturated heterocycles. The molecular weight excluding hydrogens is 166 g/mol. The Balaban J connectivity index is 2.59. The molecule has 0 aliphatic carbocycles. The molecule has 0 aliphatic heterocycles. The number of rotatable bonds is 3. The third kappa shape index (κ3) is 2.35. The molecule has 0 aliphatic rings. The third-order valence-corrected chi connectivity index (χ3v) is 2.78. The van der Waals surface area contributed by atoms with Crippen molar-refractivity contribution < 1.29 is 0 Å². The van der Waals surface area contributed by atoms with Gasteiger partial charge in [-0.2, -0.15) is 0 Å². The maximum absolute atomic E-state index is 5.17.